The third-order valence-corrected chi connectivity index (χ3v) is 6.23. The van der Waals surface area contributed by atoms with Crippen molar-refractivity contribution in [3.05, 3.63) is 60.0 Å². The number of methoxy groups -OCH3 is 1. The quantitative estimate of drug-likeness (QED) is 0.466. The average Bonchev–Trinajstić information content (AvgIpc) is 3.36. The van der Waals surface area contributed by atoms with E-state index in [1.165, 1.54) is 0 Å². The van der Waals surface area contributed by atoms with E-state index in [9.17, 15) is 9.59 Å². The van der Waals surface area contributed by atoms with Gasteiger partial charge in [-0.15, -0.1) is 0 Å². The minimum Gasteiger partial charge on any atom is -0.497 e. The van der Waals surface area contributed by atoms with Crippen LogP contribution in [0, 0.1) is 11.8 Å². The number of carbonyl (C=O) groups is 2. The van der Waals surface area contributed by atoms with E-state index in [0.717, 1.165) is 24.4 Å². The Balaban J connectivity index is 1.29. The molecule has 4 rings (SSSR count). The van der Waals surface area contributed by atoms with E-state index in [-0.39, 0.29) is 17.7 Å². The molecular weight excluding hydrogens is 458 g/mol. The Morgan fingerprint density at radius 3 is 2.53 bits per heavy atom. The van der Waals surface area contributed by atoms with Gasteiger partial charge in [0.05, 0.1) is 24.9 Å². The number of para-hydroxylation sites is 1. The van der Waals surface area contributed by atoms with Crippen molar-refractivity contribution in [1.29, 1.82) is 0 Å². The van der Waals surface area contributed by atoms with E-state index in [4.69, 9.17) is 9.26 Å². The van der Waals surface area contributed by atoms with Gasteiger partial charge < -0.3 is 19.9 Å². The molecule has 3 aromatic rings. The van der Waals surface area contributed by atoms with Crippen molar-refractivity contribution in [2.45, 2.75) is 33.2 Å². The molecule has 1 aliphatic rings. The topological polar surface area (TPSA) is 110 Å². The van der Waals surface area contributed by atoms with Gasteiger partial charge in [0.15, 0.2) is 0 Å². The molecule has 9 heteroatoms. The smallest absolute Gasteiger partial charge is 0.253 e. The van der Waals surface area contributed by atoms with E-state index in [0.29, 0.717) is 54.8 Å². The number of rotatable bonds is 9. The molecule has 1 saturated heterocycles. The van der Waals surface area contributed by atoms with Crippen LogP contribution in [0.15, 0.2) is 53.1 Å². The second-order valence-corrected chi connectivity index (χ2v) is 9.43. The summed E-state index contributed by atoms with van der Waals surface area (Å²) < 4.78 is 10.6. The van der Waals surface area contributed by atoms with Crippen LogP contribution in [0.2, 0.25) is 0 Å². The maximum Gasteiger partial charge on any atom is 0.253 e. The maximum absolute atomic E-state index is 13.0. The number of ether oxygens (including phenoxy) is 1. The zero-order valence-corrected chi connectivity index (χ0v) is 21.0. The summed E-state index contributed by atoms with van der Waals surface area (Å²) in [6.45, 7) is 6.69. The number of hydrogen-bond donors (Lipinski definition) is 2. The summed E-state index contributed by atoms with van der Waals surface area (Å²) in [5.74, 6) is 1.85. The Labute approximate surface area is 211 Å². The number of piperidine rings is 1. The lowest BCUT2D eigenvalue weighted by atomic mass is 9.95. The fraction of sp³-hybridized carbons (Fsp3) is 0.407. The van der Waals surface area contributed by atoms with E-state index in [2.05, 4.69) is 25.7 Å². The third-order valence-electron chi connectivity index (χ3n) is 6.23. The van der Waals surface area contributed by atoms with Gasteiger partial charge in [-0.25, -0.2) is 0 Å². The van der Waals surface area contributed by atoms with Crippen LogP contribution < -0.4 is 15.4 Å². The Bertz CT molecular complexity index is 1170. The predicted octanol–water partition coefficient (Wildman–Crippen LogP) is 3.98. The van der Waals surface area contributed by atoms with Crippen molar-refractivity contribution in [3.63, 3.8) is 0 Å². The second-order valence-electron chi connectivity index (χ2n) is 9.43. The number of anilines is 1. The highest BCUT2D eigenvalue weighted by Gasteiger charge is 2.27. The number of nitrogens with one attached hydrogen (secondary N) is 2. The van der Waals surface area contributed by atoms with Crippen molar-refractivity contribution in [1.82, 2.24) is 20.4 Å². The number of hydrogen-bond acceptors (Lipinski definition) is 7. The first-order valence-corrected chi connectivity index (χ1v) is 12.3. The van der Waals surface area contributed by atoms with Gasteiger partial charge in [-0.05, 0) is 68.2 Å². The minimum absolute atomic E-state index is 0.0571. The second kappa shape index (κ2) is 11.8. The molecule has 1 aromatic heterocycles. The number of likely N-dealkylation sites (tertiary alicyclic amines) is 1. The summed E-state index contributed by atoms with van der Waals surface area (Å²) >= 11 is 0. The fourth-order valence-corrected chi connectivity index (χ4v) is 4.14. The summed E-state index contributed by atoms with van der Waals surface area (Å²) in [4.78, 5) is 32.3. The number of nitrogens with zero attached hydrogens (tertiary/aromatic N) is 3. The summed E-state index contributed by atoms with van der Waals surface area (Å²) in [6, 6.07) is 14.6. The molecule has 36 heavy (non-hydrogen) atoms. The first-order valence-electron chi connectivity index (χ1n) is 12.3. The molecule has 0 spiro atoms. The Kier molecular flexibility index (Phi) is 8.32. The molecule has 1 aliphatic heterocycles. The number of amides is 2. The number of benzene rings is 2. The van der Waals surface area contributed by atoms with E-state index < -0.39 is 0 Å². The van der Waals surface area contributed by atoms with Gasteiger partial charge in [0, 0.05) is 18.0 Å². The van der Waals surface area contributed by atoms with E-state index >= 15 is 0 Å². The molecule has 0 saturated carbocycles. The van der Waals surface area contributed by atoms with E-state index in [1.54, 1.807) is 25.3 Å². The Hall–Kier alpha value is -3.72. The lowest BCUT2D eigenvalue weighted by Gasteiger charge is -2.30. The van der Waals surface area contributed by atoms with Crippen LogP contribution in [-0.2, 0) is 11.3 Å². The summed E-state index contributed by atoms with van der Waals surface area (Å²) in [5, 5.41) is 9.98. The van der Waals surface area contributed by atoms with E-state index in [1.807, 2.05) is 44.2 Å². The van der Waals surface area contributed by atoms with Crippen LogP contribution in [0.3, 0.4) is 0 Å². The number of carbonyl (C=O) groups excluding carboxylic acids is 2. The van der Waals surface area contributed by atoms with Crippen LogP contribution in [-0.4, -0.2) is 53.6 Å². The molecule has 0 bridgehead atoms. The summed E-state index contributed by atoms with van der Waals surface area (Å²) in [7, 11) is 1.63. The molecule has 0 atom stereocenters. The van der Waals surface area contributed by atoms with Crippen molar-refractivity contribution < 1.29 is 18.8 Å². The largest absolute Gasteiger partial charge is 0.497 e. The van der Waals surface area contributed by atoms with Gasteiger partial charge in [0.1, 0.15) is 5.75 Å². The van der Waals surface area contributed by atoms with Crippen molar-refractivity contribution in [3.8, 4) is 17.1 Å². The molecule has 2 aromatic carbocycles. The molecule has 1 fully saturated rings. The molecule has 2 N–H and O–H groups in total. The number of aromatic nitrogens is 2. The van der Waals surface area contributed by atoms with Crippen LogP contribution in [0.25, 0.3) is 11.4 Å². The molecule has 2 heterocycles. The van der Waals surface area contributed by atoms with Crippen LogP contribution >= 0.6 is 0 Å². The molecule has 0 radical (unpaired) electrons. The zero-order valence-electron chi connectivity index (χ0n) is 21.0. The molecule has 0 unspecified atom stereocenters. The van der Waals surface area contributed by atoms with Crippen molar-refractivity contribution >= 4 is 17.5 Å². The summed E-state index contributed by atoms with van der Waals surface area (Å²) in [5.41, 5.74) is 1.88. The van der Waals surface area contributed by atoms with Crippen molar-refractivity contribution in [2.75, 3.05) is 32.1 Å². The predicted molar refractivity (Wildman–Crippen MR) is 137 cm³/mol. The minimum atomic E-state index is -0.178. The molecule has 2 amide bonds. The third kappa shape index (κ3) is 6.48. The standard InChI is InChI=1S/C27H33N5O4/c1-18(2)16-28-27(34)22-6-4-5-7-23(22)29-26(33)20-12-14-32(15-13-20)17-24-30-25(31-36-24)19-8-10-21(35-3)11-9-19/h4-11,18,20H,12-17H2,1-3H3,(H,28,34)(H,29,33). The SMILES string of the molecule is COc1ccc(-c2noc(CN3CCC(C(=O)Nc4ccccc4C(=O)NCC(C)C)CC3)n2)cc1. The van der Waals surface area contributed by atoms with Gasteiger partial charge in [-0.3, -0.25) is 14.5 Å². The normalized spacial score (nSPS) is 14.6. The Morgan fingerprint density at radius 2 is 1.83 bits per heavy atom. The molecule has 9 nitrogen and oxygen atoms in total. The highest BCUT2D eigenvalue weighted by atomic mass is 16.5. The van der Waals surface area contributed by atoms with Gasteiger partial charge in [-0.1, -0.05) is 31.1 Å². The van der Waals surface area contributed by atoms with Gasteiger partial charge in [-0.2, -0.15) is 4.98 Å². The van der Waals surface area contributed by atoms with Gasteiger partial charge in [0.25, 0.3) is 5.91 Å². The lowest BCUT2D eigenvalue weighted by molar-refractivity contribution is -0.121. The first kappa shape index (κ1) is 25.4. The van der Waals surface area contributed by atoms with Crippen LogP contribution in [0.4, 0.5) is 5.69 Å². The summed E-state index contributed by atoms with van der Waals surface area (Å²) in [6.07, 6.45) is 1.43. The lowest BCUT2D eigenvalue weighted by Crippen LogP contribution is -2.38. The molecular formula is C27H33N5O4. The highest BCUT2D eigenvalue weighted by Crippen LogP contribution is 2.24. The maximum atomic E-state index is 13.0. The monoisotopic (exact) mass is 491 g/mol. The molecule has 0 aliphatic carbocycles. The van der Waals surface area contributed by atoms with Gasteiger partial charge in [0.2, 0.25) is 17.6 Å². The van der Waals surface area contributed by atoms with Crippen LogP contribution in [0.1, 0.15) is 42.9 Å². The average molecular weight is 492 g/mol. The molecule has 190 valence electrons. The fourth-order valence-electron chi connectivity index (χ4n) is 4.14. The first-order chi connectivity index (χ1) is 17.4. The Morgan fingerprint density at radius 1 is 1.11 bits per heavy atom. The highest BCUT2D eigenvalue weighted by molar-refractivity contribution is 6.04. The van der Waals surface area contributed by atoms with Crippen LogP contribution in [0.5, 0.6) is 5.75 Å². The zero-order chi connectivity index (χ0) is 25.5. The van der Waals surface area contributed by atoms with Gasteiger partial charge >= 0.3 is 0 Å². The van der Waals surface area contributed by atoms with Crippen molar-refractivity contribution in [2.24, 2.45) is 11.8 Å².